The Labute approximate surface area is 146 Å². The summed E-state index contributed by atoms with van der Waals surface area (Å²) in [5, 5.41) is 0.237. The number of hydrogen-bond acceptors (Lipinski definition) is 3. The molecule has 0 unspecified atom stereocenters. The fourth-order valence-corrected chi connectivity index (χ4v) is 4.70. The van der Waals surface area contributed by atoms with Gasteiger partial charge >= 0.3 is 0 Å². The van der Waals surface area contributed by atoms with Crippen molar-refractivity contribution in [3.63, 3.8) is 0 Å². The van der Waals surface area contributed by atoms with Gasteiger partial charge in [-0.05, 0) is 36.5 Å². The van der Waals surface area contributed by atoms with Crippen molar-refractivity contribution >= 4 is 27.5 Å². The molecular weight excluding hydrogens is 355 g/mol. The fourth-order valence-electron chi connectivity index (χ4n) is 3.54. The zero-order valence-electron chi connectivity index (χ0n) is 13.4. The van der Waals surface area contributed by atoms with Gasteiger partial charge in [-0.3, -0.25) is 4.79 Å². The van der Waals surface area contributed by atoms with Gasteiger partial charge in [0.25, 0.3) is 0 Å². The maximum absolute atomic E-state index is 13.1. The largest absolute Gasteiger partial charge is 0.338 e. The lowest BCUT2D eigenvalue weighted by Crippen LogP contribution is -2.48. The third-order valence-corrected chi connectivity index (χ3v) is 6.41. The smallest absolute Gasteiger partial charge is 0.227 e. The number of halogens is 2. The Morgan fingerprint density at radius 1 is 1.29 bits per heavy atom. The number of sulfonamides is 1. The minimum atomic E-state index is -3.26. The first kappa shape index (κ1) is 17.6. The molecule has 132 valence electrons. The predicted molar refractivity (Wildman–Crippen MR) is 89.8 cm³/mol. The lowest BCUT2D eigenvalue weighted by Gasteiger charge is -2.36. The first-order chi connectivity index (χ1) is 11.2. The van der Waals surface area contributed by atoms with Gasteiger partial charge in [0, 0.05) is 30.7 Å². The van der Waals surface area contributed by atoms with Gasteiger partial charge in [-0.1, -0.05) is 17.7 Å². The molecular formula is C16H20ClFN2O3S. The van der Waals surface area contributed by atoms with E-state index in [-0.39, 0.29) is 29.3 Å². The van der Waals surface area contributed by atoms with Crippen molar-refractivity contribution in [2.45, 2.75) is 25.3 Å². The number of carbonyl (C=O) groups is 1. The summed E-state index contributed by atoms with van der Waals surface area (Å²) >= 11 is 6.01. The van der Waals surface area contributed by atoms with Crippen molar-refractivity contribution in [3.05, 3.63) is 34.6 Å². The number of fused-ring (bicyclic) bond motifs is 4. The third-order valence-electron chi connectivity index (χ3n) is 4.83. The van der Waals surface area contributed by atoms with E-state index < -0.39 is 15.8 Å². The lowest BCUT2D eigenvalue weighted by atomic mass is 9.94. The van der Waals surface area contributed by atoms with E-state index in [1.54, 1.807) is 4.90 Å². The normalized spacial score (nSPS) is 24.9. The van der Waals surface area contributed by atoms with Gasteiger partial charge < -0.3 is 4.90 Å². The van der Waals surface area contributed by atoms with Crippen molar-refractivity contribution in [1.82, 2.24) is 9.21 Å². The van der Waals surface area contributed by atoms with Gasteiger partial charge in [0.05, 0.1) is 12.7 Å². The third kappa shape index (κ3) is 3.73. The molecule has 2 bridgehead atoms. The number of nitrogens with zero attached hydrogens (tertiary/aromatic N) is 2. The molecule has 8 heteroatoms. The highest BCUT2D eigenvalue weighted by Crippen LogP contribution is 2.30. The molecule has 3 saturated heterocycles. The SMILES string of the molecule is CS(=O)(=O)N1C[C@H]2CC[C@@H](C1)N(C(=O)Cc1ccc(F)cc1Cl)C2. The first-order valence-corrected chi connectivity index (χ1v) is 10.1. The standard InChI is InChI=1S/C16H20ClFN2O3S/c1-24(22,23)19-8-11-2-5-14(10-19)20(9-11)16(21)6-12-3-4-13(18)7-15(12)17/h3-4,7,11,14H,2,5-6,8-10H2,1H3/t11-,14+/m1/s1. The van der Waals surface area contributed by atoms with Crippen molar-refractivity contribution in [2.24, 2.45) is 5.92 Å². The zero-order chi connectivity index (χ0) is 17.5. The Bertz CT molecular complexity index is 756. The summed E-state index contributed by atoms with van der Waals surface area (Å²) in [5.41, 5.74) is 0.586. The van der Waals surface area contributed by atoms with Crippen molar-refractivity contribution in [3.8, 4) is 0 Å². The molecule has 3 heterocycles. The molecule has 0 aromatic heterocycles. The Hall–Kier alpha value is -1.18. The molecule has 5 nitrogen and oxygen atoms in total. The highest BCUT2D eigenvalue weighted by molar-refractivity contribution is 7.88. The van der Waals surface area contributed by atoms with Crippen molar-refractivity contribution < 1.29 is 17.6 Å². The average Bonchev–Trinajstić information content (AvgIpc) is 2.81. The van der Waals surface area contributed by atoms with Crippen LogP contribution in [0.4, 0.5) is 4.39 Å². The Morgan fingerprint density at radius 2 is 2.04 bits per heavy atom. The van der Waals surface area contributed by atoms with Crippen LogP contribution in [0.2, 0.25) is 5.02 Å². The van der Waals surface area contributed by atoms with Gasteiger partial charge in [0.15, 0.2) is 0 Å². The number of piperidine rings is 1. The summed E-state index contributed by atoms with van der Waals surface area (Å²) in [6, 6.07) is 3.90. The van der Waals surface area contributed by atoms with Crippen LogP contribution in [0.1, 0.15) is 18.4 Å². The van der Waals surface area contributed by atoms with Crippen LogP contribution in [-0.2, 0) is 21.2 Å². The van der Waals surface area contributed by atoms with Crippen LogP contribution < -0.4 is 0 Å². The molecule has 1 amide bonds. The molecule has 0 spiro atoms. The molecule has 0 saturated carbocycles. The minimum Gasteiger partial charge on any atom is -0.338 e. The second-order valence-electron chi connectivity index (χ2n) is 6.64. The summed E-state index contributed by atoms with van der Waals surface area (Å²) in [6.07, 6.45) is 3.04. The van der Waals surface area contributed by atoms with Gasteiger partial charge in [-0.15, -0.1) is 0 Å². The Morgan fingerprint density at radius 3 is 2.71 bits per heavy atom. The van der Waals surface area contributed by atoms with Crippen LogP contribution in [-0.4, -0.2) is 55.5 Å². The van der Waals surface area contributed by atoms with E-state index in [0.717, 1.165) is 12.8 Å². The lowest BCUT2D eigenvalue weighted by molar-refractivity contribution is -0.134. The number of carbonyl (C=O) groups excluding carboxylic acids is 1. The molecule has 0 aliphatic carbocycles. The summed E-state index contributed by atoms with van der Waals surface area (Å²) in [7, 11) is -3.26. The summed E-state index contributed by atoms with van der Waals surface area (Å²) in [5.74, 6) is -0.367. The van der Waals surface area contributed by atoms with Crippen LogP contribution >= 0.6 is 11.6 Å². The number of benzene rings is 1. The Balaban J connectivity index is 1.76. The van der Waals surface area contributed by atoms with E-state index in [1.165, 1.54) is 28.8 Å². The monoisotopic (exact) mass is 374 g/mol. The topological polar surface area (TPSA) is 57.7 Å². The number of hydrogen-bond donors (Lipinski definition) is 0. The molecule has 0 N–H and O–H groups in total. The van der Waals surface area contributed by atoms with Crippen LogP contribution in [0.15, 0.2) is 18.2 Å². The van der Waals surface area contributed by atoms with Crippen LogP contribution in [0.3, 0.4) is 0 Å². The van der Waals surface area contributed by atoms with E-state index >= 15 is 0 Å². The van der Waals surface area contributed by atoms with E-state index in [4.69, 9.17) is 11.6 Å². The van der Waals surface area contributed by atoms with Crippen LogP contribution in [0.5, 0.6) is 0 Å². The van der Waals surface area contributed by atoms with Gasteiger partial charge in [0.2, 0.25) is 15.9 Å². The first-order valence-electron chi connectivity index (χ1n) is 7.92. The fraction of sp³-hybridized carbons (Fsp3) is 0.562. The molecule has 4 rings (SSSR count). The highest BCUT2D eigenvalue weighted by Gasteiger charge is 2.39. The maximum Gasteiger partial charge on any atom is 0.227 e. The molecule has 24 heavy (non-hydrogen) atoms. The second kappa shape index (κ2) is 6.61. The molecule has 1 aromatic rings. The molecule has 3 fully saturated rings. The van der Waals surface area contributed by atoms with E-state index in [9.17, 15) is 17.6 Å². The quantitative estimate of drug-likeness (QED) is 0.812. The predicted octanol–water partition coefficient (Wildman–Crippen LogP) is 1.90. The maximum atomic E-state index is 13.1. The van der Waals surface area contributed by atoms with E-state index in [0.29, 0.717) is 25.2 Å². The highest BCUT2D eigenvalue weighted by atomic mass is 35.5. The van der Waals surface area contributed by atoms with E-state index in [2.05, 4.69) is 0 Å². The van der Waals surface area contributed by atoms with Crippen LogP contribution in [0.25, 0.3) is 0 Å². The van der Waals surface area contributed by atoms with Gasteiger partial charge in [0.1, 0.15) is 5.82 Å². The zero-order valence-corrected chi connectivity index (χ0v) is 15.0. The Kier molecular flexibility index (Phi) is 4.86. The summed E-state index contributed by atoms with van der Waals surface area (Å²) in [6.45, 7) is 1.38. The second-order valence-corrected chi connectivity index (χ2v) is 9.03. The van der Waals surface area contributed by atoms with Crippen LogP contribution in [0, 0.1) is 11.7 Å². The summed E-state index contributed by atoms with van der Waals surface area (Å²) in [4.78, 5) is 14.5. The molecule has 0 radical (unpaired) electrons. The molecule has 1 aromatic carbocycles. The average molecular weight is 375 g/mol. The molecule has 2 atom stereocenters. The van der Waals surface area contributed by atoms with Crippen molar-refractivity contribution in [1.29, 1.82) is 0 Å². The van der Waals surface area contributed by atoms with Crippen molar-refractivity contribution in [2.75, 3.05) is 25.9 Å². The summed E-state index contributed by atoms with van der Waals surface area (Å²) < 4.78 is 38.4. The molecule has 3 aliphatic heterocycles. The minimum absolute atomic E-state index is 0.0893. The number of rotatable bonds is 3. The molecule has 3 aliphatic rings. The van der Waals surface area contributed by atoms with Gasteiger partial charge in [-0.2, -0.15) is 4.31 Å². The van der Waals surface area contributed by atoms with E-state index in [1.807, 2.05) is 0 Å². The van der Waals surface area contributed by atoms with Gasteiger partial charge in [-0.25, -0.2) is 12.8 Å². The number of amides is 1.